The predicted molar refractivity (Wildman–Crippen MR) is 107 cm³/mol. The molecule has 0 aliphatic heterocycles. The van der Waals surface area contributed by atoms with Crippen molar-refractivity contribution in [2.24, 2.45) is 0 Å². The Bertz CT molecular complexity index is 895. The number of rotatable bonds is 6. The molecule has 27 heavy (non-hydrogen) atoms. The van der Waals surface area contributed by atoms with Crippen LogP contribution in [0.4, 0.5) is 17.2 Å². The van der Waals surface area contributed by atoms with Crippen molar-refractivity contribution in [2.45, 2.75) is 20.0 Å². The van der Waals surface area contributed by atoms with Gasteiger partial charge in [0.2, 0.25) is 0 Å². The second-order valence-corrected chi connectivity index (χ2v) is 6.50. The highest BCUT2D eigenvalue weighted by molar-refractivity contribution is 6.30. The standard InChI is InChI=1S/C20H19ClN4O2/c1-13(2)27-17-9-7-16(8-10-17)25-20(26)18-11-23-19(12-22-18)24-15-5-3-14(21)4-6-15/h3-13H,1-2H3,(H,23,24)(H,25,26). The summed E-state index contributed by atoms with van der Waals surface area (Å²) in [6.07, 6.45) is 3.02. The van der Waals surface area contributed by atoms with Crippen molar-refractivity contribution in [3.63, 3.8) is 0 Å². The van der Waals surface area contributed by atoms with E-state index in [-0.39, 0.29) is 17.7 Å². The first kappa shape index (κ1) is 18.7. The highest BCUT2D eigenvalue weighted by Crippen LogP contribution is 2.19. The van der Waals surface area contributed by atoms with Gasteiger partial charge < -0.3 is 15.4 Å². The molecule has 3 aromatic rings. The number of carbonyl (C=O) groups is 1. The number of nitrogens with zero attached hydrogens (tertiary/aromatic N) is 2. The van der Waals surface area contributed by atoms with Gasteiger partial charge >= 0.3 is 0 Å². The number of amides is 1. The molecule has 1 amide bonds. The van der Waals surface area contributed by atoms with Crippen LogP contribution in [0.3, 0.4) is 0 Å². The van der Waals surface area contributed by atoms with Gasteiger partial charge in [-0.15, -0.1) is 0 Å². The van der Waals surface area contributed by atoms with Crippen molar-refractivity contribution in [3.8, 4) is 5.75 Å². The normalized spacial score (nSPS) is 10.5. The monoisotopic (exact) mass is 382 g/mol. The zero-order valence-corrected chi connectivity index (χ0v) is 15.7. The lowest BCUT2D eigenvalue weighted by atomic mass is 10.3. The van der Waals surface area contributed by atoms with E-state index in [9.17, 15) is 4.79 Å². The lowest BCUT2D eigenvalue weighted by Gasteiger charge is -2.10. The van der Waals surface area contributed by atoms with Gasteiger partial charge in [-0.1, -0.05) is 11.6 Å². The molecule has 138 valence electrons. The number of nitrogens with one attached hydrogen (secondary N) is 2. The maximum absolute atomic E-state index is 12.3. The van der Waals surface area contributed by atoms with E-state index >= 15 is 0 Å². The molecule has 0 atom stereocenters. The molecular weight excluding hydrogens is 364 g/mol. The van der Waals surface area contributed by atoms with Crippen LogP contribution in [0.5, 0.6) is 5.75 Å². The van der Waals surface area contributed by atoms with Crippen molar-refractivity contribution in [2.75, 3.05) is 10.6 Å². The Morgan fingerprint density at radius 3 is 2.22 bits per heavy atom. The number of aromatic nitrogens is 2. The lowest BCUT2D eigenvalue weighted by molar-refractivity contribution is 0.102. The topological polar surface area (TPSA) is 76.1 Å². The van der Waals surface area contributed by atoms with Gasteiger partial charge in [-0.25, -0.2) is 9.97 Å². The summed E-state index contributed by atoms with van der Waals surface area (Å²) in [7, 11) is 0. The summed E-state index contributed by atoms with van der Waals surface area (Å²) < 4.78 is 5.58. The maximum atomic E-state index is 12.3. The minimum absolute atomic E-state index is 0.0979. The Labute approximate surface area is 162 Å². The van der Waals surface area contributed by atoms with E-state index in [1.54, 1.807) is 36.4 Å². The van der Waals surface area contributed by atoms with Gasteiger partial charge in [0.1, 0.15) is 17.3 Å². The molecule has 2 N–H and O–H groups in total. The van der Waals surface area contributed by atoms with Gasteiger partial charge in [-0.05, 0) is 62.4 Å². The molecule has 1 heterocycles. The Kier molecular flexibility index (Phi) is 5.88. The number of halogens is 1. The summed E-state index contributed by atoms with van der Waals surface area (Å²) in [4.78, 5) is 20.7. The van der Waals surface area contributed by atoms with E-state index < -0.39 is 0 Å². The van der Waals surface area contributed by atoms with E-state index in [1.165, 1.54) is 12.4 Å². The van der Waals surface area contributed by atoms with Crippen molar-refractivity contribution >= 4 is 34.7 Å². The SMILES string of the molecule is CC(C)Oc1ccc(NC(=O)c2cnc(Nc3ccc(Cl)cc3)cn2)cc1. The summed E-state index contributed by atoms with van der Waals surface area (Å²) in [6.45, 7) is 3.92. The second-order valence-electron chi connectivity index (χ2n) is 6.06. The van der Waals surface area contributed by atoms with Gasteiger partial charge in [0, 0.05) is 16.4 Å². The third-order valence-electron chi connectivity index (χ3n) is 3.49. The molecule has 0 bridgehead atoms. The number of ether oxygens (including phenoxy) is 1. The average molecular weight is 383 g/mol. The first-order valence-corrected chi connectivity index (χ1v) is 8.80. The van der Waals surface area contributed by atoms with Crippen LogP contribution in [-0.4, -0.2) is 22.0 Å². The molecule has 1 aromatic heterocycles. The van der Waals surface area contributed by atoms with E-state index in [0.717, 1.165) is 11.4 Å². The highest BCUT2D eigenvalue weighted by Gasteiger charge is 2.09. The van der Waals surface area contributed by atoms with Gasteiger partial charge in [-0.3, -0.25) is 4.79 Å². The minimum Gasteiger partial charge on any atom is -0.491 e. The third kappa shape index (κ3) is 5.43. The summed E-state index contributed by atoms with van der Waals surface area (Å²) in [5, 5.41) is 6.53. The number of hydrogen-bond donors (Lipinski definition) is 2. The summed E-state index contributed by atoms with van der Waals surface area (Å²) in [5.74, 6) is 0.947. The van der Waals surface area contributed by atoms with E-state index in [1.807, 2.05) is 26.0 Å². The minimum atomic E-state index is -0.335. The van der Waals surface area contributed by atoms with Crippen LogP contribution >= 0.6 is 11.6 Å². The number of carbonyl (C=O) groups excluding carboxylic acids is 1. The largest absolute Gasteiger partial charge is 0.491 e. The molecule has 2 aromatic carbocycles. The van der Waals surface area contributed by atoms with Crippen LogP contribution < -0.4 is 15.4 Å². The fourth-order valence-electron chi connectivity index (χ4n) is 2.28. The molecule has 0 unspecified atom stereocenters. The third-order valence-corrected chi connectivity index (χ3v) is 3.74. The van der Waals surface area contributed by atoms with Crippen LogP contribution in [0.1, 0.15) is 24.3 Å². The van der Waals surface area contributed by atoms with Gasteiger partial charge in [0.05, 0.1) is 18.5 Å². The smallest absolute Gasteiger partial charge is 0.275 e. The zero-order valence-electron chi connectivity index (χ0n) is 14.9. The Hall–Kier alpha value is -3.12. The first-order chi connectivity index (χ1) is 13.0. The zero-order chi connectivity index (χ0) is 19.2. The average Bonchev–Trinajstić information content (AvgIpc) is 2.65. The summed E-state index contributed by atoms with van der Waals surface area (Å²) >= 11 is 5.86. The van der Waals surface area contributed by atoms with Gasteiger partial charge in [-0.2, -0.15) is 0 Å². The van der Waals surface area contributed by atoms with Gasteiger partial charge in [0.25, 0.3) is 5.91 Å². The molecule has 0 saturated heterocycles. The maximum Gasteiger partial charge on any atom is 0.275 e. The molecule has 0 aliphatic rings. The van der Waals surface area contributed by atoms with Crippen LogP contribution in [0.2, 0.25) is 5.02 Å². The Balaban J connectivity index is 1.60. The highest BCUT2D eigenvalue weighted by atomic mass is 35.5. The van der Waals surface area contributed by atoms with Crippen LogP contribution in [0.15, 0.2) is 60.9 Å². The molecule has 0 saturated carbocycles. The fourth-order valence-corrected chi connectivity index (χ4v) is 2.40. The van der Waals surface area contributed by atoms with Crippen LogP contribution in [0, 0.1) is 0 Å². The van der Waals surface area contributed by atoms with E-state index in [0.29, 0.717) is 16.5 Å². The number of anilines is 3. The lowest BCUT2D eigenvalue weighted by Crippen LogP contribution is -2.14. The quantitative estimate of drug-likeness (QED) is 0.633. The van der Waals surface area contributed by atoms with Crippen LogP contribution in [-0.2, 0) is 0 Å². The van der Waals surface area contributed by atoms with Crippen molar-refractivity contribution < 1.29 is 9.53 Å². The summed E-state index contributed by atoms with van der Waals surface area (Å²) in [6, 6.07) is 14.4. The van der Waals surface area contributed by atoms with Crippen molar-refractivity contribution in [3.05, 3.63) is 71.6 Å². The van der Waals surface area contributed by atoms with Crippen molar-refractivity contribution in [1.82, 2.24) is 9.97 Å². The van der Waals surface area contributed by atoms with E-state index in [2.05, 4.69) is 20.6 Å². The molecule has 3 rings (SSSR count). The second kappa shape index (κ2) is 8.51. The Morgan fingerprint density at radius 2 is 1.63 bits per heavy atom. The number of hydrogen-bond acceptors (Lipinski definition) is 5. The Morgan fingerprint density at radius 1 is 0.963 bits per heavy atom. The molecule has 0 spiro atoms. The molecule has 0 radical (unpaired) electrons. The van der Waals surface area contributed by atoms with E-state index in [4.69, 9.17) is 16.3 Å². The molecule has 6 nitrogen and oxygen atoms in total. The molecular formula is C20H19ClN4O2. The van der Waals surface area contributed by atoms with Crippen LogP contribution in [0.25, 0.3) is 0 Å². The molecule has 0 aliphatic carbocycles. The van der Waals surface area contributed by atoms with Crippen molar-refractivity contribution in [1.29, 1.82) is 0 Å². The first-order valence-electron chi connectivity index (χ1n) is 8.42. The predicted octanol–water partition coefficient (Wildman–Crippen LogP) is 4.91. The van der Waals surface area contributed by atoms with Gasteiger partial charge in [0.15, 0.2) is 0 Å². The molecule has 0 fully saturated rings. The molecule has 7 heteroatoms. The summed E-state index contributed by atoms with van der Waals surface area (Å²) in [5.41, 5.74) is 1.70. The fraction of sp³-hybridized carbons (Fsp3) is 0.150. The number of benzene rings is 2.